The predicted molar refractivity (Wildman–Crippen MR) is 96.8 cm³/mol. The molecule has 4 rings (SSSR count). The van der Waals surface area contributed by atoms with E-state index in [4.69, 9.17) is 0 Å². The van der Waals surface area contributed by atoms with E-state index in [9.17, 15) is 13.6 Å². The third kappa shape index (κ3) is 3.63. The highest BCUT2D eigenvalue weighted by Gasteiger charge is 2.37. The highest BCUT2D eigenvalue weighted by Crippen LogP contribution is 2.41. The number of fused-ring (bicyclic) bond motifs is 1. The van der Waals surface area contributed by atoms with Gasteiger partial charge in [0.1, 0.15) is 0 Å². The third-order valence-corrected chi connectivity index (χ3v) is 5.32. The van der Waals surface area contributed by atoms with Crippen LogP contribution >= 0.6 is 0 Å². The average molecular weight is 356 g/mol. The molecule has 0 heterocycles. The first-order chi connectivity index (χ1) is 12.6. The second-order valence-electron chi connectivity index (χ2n) is 7.15. The Kier molecular flexibility index (Phi) is 4.72. The minimum Gasteiger partial charge on any atom is -0.326 e. The van der Waals surface area contributed by atoms with E-state index in [0.29, 0.717) is 25.0 Å². The maximum atomic E-state index is 13.3. The van der Waals surface area contributed by atoms with Crippen molar-refractivity contribution in [3.8, 4) is 0 Å². The Labute approximate surface area is 152 Å². The molecule has 0 radical (unpaired) electrons. The molecule has 2 aromatic rings. The van der Waals surface area contributed by atoms with Crippen LogP contribution in [0.5, 0.6) is 0 Å². The molecule has 5 heteroatoms. The molecule has 2 aromatic carbocycles. The molecule has 1 atom stereocenters. The van der Waals surface area contributed by atoms with Crippen LogP contribution in [0.4, 0.5) is 14.5 Å². The third-order valence-electron chi connectivity index (χ3n) is 5.32. The number of nitrogens with zero attached hydrogens (tertiary/aromatic N) is 1. The molecule has 2 aliphatic carbocycles. The minimum absolute atomic E-state index is 0.173. The summed E-state index contributed by atoms with van der Waals surface area (Å²) in [6, 6.07) is 12.9. The number of benzene rings is 2. The van der Waals surface area contributed by atoms with E-state index in [1.54, 1.807) is 0 Å². The van der Waals surface area contributed by atoms with Gasteiger partial charge in [-0.25, -0.2) is 8.78 Å². The van der Waals surface area contributed by atoms with Crippen LogP contribution in [0.3, 0.4) is 0 Å². The molecule has 1 unspecified atom stereocenters. The van der Waals surface area contributed by atoms with Crippen molar-refractivity contribution in [3.05, 3.63) is 65.2 Å². The summed E-state index contributed by atoms with van der Waals surface area (Å²) in [4.78, 5) is 14.7. The van der Waals surface area contributed by atoms with Gasteiger partial charge in [-0.1, -0.05) is 24.3 Å². The number of carbonyl (C=O) groups excluding carboxylic acids is 1. The molecule has 0 aromatic heterocycles. The van der Waals surface area contributed by atoms with E-state index in [0.717, 1.165) is 25.0 Å². The number of aryl methyl sites for hydroxylation is 1. The number of amides is 1. The summed E-state index contributed by atoms with van der Waals surface area (Å²) in [5.41, 5.74) is 3.09. The maximum absolute atomic E-state index is 13.3. The van der Waals surface area contributed by atoms with E-state index in [1.807, 2.05) is 0 Å². The zero-order valence-corrected chi connectivity index (χ0v) is 14.6. The molecule has 1 fully saturated rings. The molecule has 0 saturated heterocycles. The number of hydrogen-bond donors (Lipinski definition) is 1. The first-order valence-electron chi connectivity index (χ1n) is 9.20. The van der Waals surface area contributed by atoms with Crippen LogP contribution in [0.25, 0.3) is 0 Å². The summed E-state index contributed by atoms with van der Waals surface area (Å²) in [6.45, 7) is 0.680. The second kappa shape index (κ2) is 7.16. The Balaban J connectivity index is 1.39. The number of carbonyl (C=O) groups is 1. The zero-order chi connectivity index (χ0) is 18.1. The molecule has 26 heavy (non-hydrogen) atoms. The van der Waals surface area contributed by atoms with Gasteiger partial charge < -0.3 is 5.32 Å². The van der Waals surface area contributed by atoms with Gasteiger partial charge in [-0.3, -0.25) is 9.69 Å². The summed E-state index contributed by atoms with van der Waals surface area (Å²) < 4.78 is 26.3. The van der Waals surface area contributed by atoms with E-state index in [-0.39, 0.29) is 11.6 Å². The Hall–Kier alpha value is -2.27. The lowest BCUT2D eigenvalue weighted by Crippen LogP contribution is -2.33. The zero-order valence-electron chi connectivity index (χ0n) is 14.6. The molecule has 1 N–H and O–H groups in total. The number of rotatable bonds is 6. The van der Waals surface area contributed by atoms with E-state index < -0.39 is 11.6 Å². The van der Waals surface area contributed by atoms with E-state index in [2.05, 4.69) is 34.5 Å². The lowest BCUT2D eigenvalue weighted by atomic mass is 10.1. The monoisotopic (exact) mass is 356 g/mol. The normalized spacial score (nSPS) is 18.8. The van der Waals surface area contributed by atoms with Crippen molar-refractivity contribution in [2.45, 2.75) is 44.2 Å². The predicted octanol–water partition coefficient (Wildman–Crippen LogP) is 4.45. The van der Waals surface area contributed by atoms with Crippen LogP contribution in [0.15, 0.2) is 42.5 Å². The van der Waals surface area contributed by atoms with Gasteiger partial charge in [0.05, 0.1) is 0 Å². The van der Waals surface area contributed by atoms with Crippen LogP contribution in [0, 0.1) is 11.6 Å². The Morgan fingerprint density at radius 3 is 2.65 bits per heavy atom. The van der Waals surface area contributed by atoms with Gasteiger partial charge in [0, 0.05) is 36.8 Å². The molecular formula is C21H22F2N2O. The first-order valence-corrected chi connectivity index (χ1v) is 9.20. The second-order valence-corrected chi connectivity index (χ2v) is 7.15. The van der Waals surface area contributed by atoms with Gasteiger partial charge in [-0.05, 0) is 48.9 Å². The lowest BCUT2D eigenvalue weighted by molar-refractivity contribution is -0.116. The standard InChI is InChI=1S/C21H22F2N2O/c22-18-9-6-15(13-19(18)23)24-21(26)11-12-25(16-7-8-16)20-10-5-14-3-1-2-4-17(14)20/h1-4,6,9,13,16,20H,5,7-8,10-12H2,(H,24,26). The fourth-order valence-electron chi connectivity index (χ4n) is 3.91. The molecule has 0 spiro atoms. The van der Waals surface area contributed by atoms with E-state index in [1.165, 1.54) is 30.0 Å². The Morgan fingerprint density at radius 2 is 1.88 bits per heavy atom. The molecule has 2 aliphatic rings. The minimum atomic E-state index is -0.954. The van der Waals surface area contributed by atoms with Crippen LogP contribution in [-0.4, -0.2) is 23.4 Å². The number of anilines is 1. The first kappa shape index (κ1) is 17.2. The van der Waals surface area contributed by atoms with Crippen molar-refractivity contribution in [1.82, 2.24) is 4.90 Å². The average Bonchev–Trinajstić information content (AvgIpc) is 3.38. The Morgan fingerprint density at radius 1 is 1.08 bits per heavy atom. The maximum Gasteiger partial charge on any atom is 0.225 e. The smallest absolute Gasteiger partial charge is 0.225 e. The van der Waals surface area contributed by atoms with Crippen molar-refractivity contribution in [2.75, 3.05) is 11.9 Å². The van der Waals surface area contributed by atoms with Gasteiger partial charge in [0.25, 0.3) is 0 Å². The largest absolute Gasteiger partial charge is 0.326 e. The molecule has 0 aliphatic heterocycles. The summed E-state index contributed by atoms with van der Waals surface area (Å²) in [5.74, 6) is -2.04. The van der Waals surface area contributed by atoms with Gasteiger partial charge in [-0.15, -0.1) is 0 Å². The summed E-state index contributed by atoms with van der Waals surface area (Å²) >= 11 is 0. The van der Waals surface area contributed by atoms with Gasteiger partial charge >= 0.3 is 0 Å². The number of halogens is 2. The van der Waals surface area contributed by atoms with Gasteiger partial charge in [0.2, 0.25) is 5.91 Å². The summed E-state index contributed by atoms with van der Waals surface area (Å²) in [7, 11) is 0. The van der Waals surface area contributed by atoms with E-state index >= 15 is 0 Å². The van der Waals surface area contributed by atoms with Crippen LogP contribution in [0.2, 0.25) is 0 Å². The Bertz CT molecular complexity index is 819. The lowest BCUT2D eigenvalue weighted by Gasteiger charge is -2.29. The van der Waals surface area contributed by atoms with Gasteiger partial charge in [0.15, 0.2) is 11.6 Å². The van der Waals surface area contributed by atoms with Crippen molar-refractivity contribution >= 4 is 11.6 Å². The fraction of sp³-hybridized carbons (Fsp3) is 0.381. The van der Waals surface area contributed by atoms with Crippen LogP contribution in [-0.2, 0) is 11.2 Å². The molecule has 0 bridgehead atoms. The highest BCUT2D eigenvalue weighted by atomic mass is 19.2. The molecule has 1 saturated carbocycles. The topological polar surface area (TPSA) is 32.3 Å². The van der Waals surface area contributed by atoms with Crippen molar-refractivity contribution in [3.63, 3.8) is 0 Å². The summed E-state index contributed by atoms with van der Waals surface area (Å²) in [5, 5.41) is 2.66. The summed E-state index contributed by atoms with van der Waals surface area (Å²) in [6.07, 6.45) is 4.90. The van der Waals surface area contributed by atoms with Crippen molar-refractivity contribution in [1.29, 1.82) is 0 Å². The molecule has 136 valence electrons. The van der Waals surface area contributed by atoms with Crippen LogP contribution < -0.4 is 5.32 Å². The van der Waals surface area contributed by atoms with Crippen molar-refractivity contribution < 1.29 is 13.6 Å². The SMILES string of the molecule is O=C(CCN(C1CC1)C1CCc2ccccc21)Nc1ccc(F)c(F)c1. The number of nitrogens with one attached hydrogen (secondary N) is 1. The number of hydrogen-bond acceptors (Lipinski definition) is 2. The molecule has 3 nitrogen and oxygen atoms in total. The molecular weight excluding hydrogens is 334 g/mol. The fourth-order valence-corrected chi connectivity index (χ4v) is 3.91. The van der Waals surface area contributed by atoms with Crippen molar-refractivity contribution in [2.24, 2.45) is 0 Å². The quantitative estimate of drug-likeness (QED) is 0.830. The highest BCUT2D eigenvalue weighted by molar-refractivity contribution is 5.90. The van der Waals surface area contributed by atoms with Gasteiger partial charge in [-0.2, -0.15) is 0 Å². The van der Waals surface area contributed by atoms with Crippen LogP contribution in [0.1, 0.15) is 42.9 Å². The molecule has 1 amide bonds.